The van der Waals surface area contributed by atoms with E-state index in [2.05, 4.69) is 12.3 Å². The summed E-state index contributed by atoms with van der Waals surface area (Å²) in [6.07, 6.45) is 2.71. The highest BCUT2D eigenvalue weighted by atomic mass is 16.5. The summed E-state index contributed by atoms with van der Waals surface area (Å²) in [4.78, 5) is 10.4. The molecule has 0 aromatic rings. The first-order chi connectivity index (χ1) is 5.81. The smallest absolute Gasteiger partial charge is 0.175 e. The SMILES string of the molecule is C=CCOCCC(=O)C=N.CN. The molecule has 0 aliphatic rings. The Morgan fingerprint density at radius 1 is 1.67 bits per heavy atom. The van der Waals surface area contributed by atoms with Crippen molar-refractivity contribution in [2.75, 3.05) is 20.3 Å². The number of nitrogens with one attached hydrogen (secondary N) is 1. The Morgan fingerprint density at radius 3 is 2.67 bits per heavy atom. The van der Waals surface area contributed by atoms with Gasteiger partial charge < -0.3 is 15.9 Å². The number of carbonyl (C=O) groups is 1. The monoisotopic (exact) mass is 172 g/mol. The van der Waals surface area contributed by atoms with Crippen molar-refractivity contribution in [2.45, 2.75) is 6.42 Å². The first-order valence-corrected chi connectivity index (χ1v) is 3.61. The van der Waals surface area contributed by atoms with Crippen LogP contribution in [0.25, 0.3) is 0 Å². The minimum atomic E-state index is -0.205. The molecule has 70 valence electrons. The summed E-state index contributed by atoms with van der Waals surface area (Å²) in [6.45, 7) is 4.28. The molecule has 0 radical (unpaired) electrons. The Bertz CT molecular complexity index is 135. The van der Waals surface area contributed by atoms with Gasteiger partial charge in [-0.1, -0.05) is 6.08 Å². The molecule has 0 saturated carbocycles. The van der Waals surface area contributed by atoms with Crippen molar-refractivity contribution in [3.05, 3.63) is 12.7 Å². The molecule has 0 heterocycles. The van der Waals surface area contributed by atoms with E-state index in [1.807, 2.05) is 0 Å². The number of Topliss-reactive ketones (excluding diaryl/α,β-unsaturated/α-hetero) is 1. The zero-order valence-electron chi connectivity index (χ0n) is 7.38. The number of nitrogens with two attached hydrogens (primary N) is 1. The van der Waals surface area contributed by atoms with E-state index in [4.69, 9.17) is 10.1 Å². The molecule has 0 atom stereocenters. The summed E-state index contributed by atoms with van der Waals surface area (Å²) in [5, 5.41) is 6.54. The molecule has 12 heavy (non-hydrogen) atoms. The second-order valence-electron chi connectivity index (χ2n) is 1.72. The Hall–Kier alpha value is -1.00. The van der Waals surface area contributed by atoms with Crippen LogP contribution in [-0.4, -0.2) is 32.3 Å². The number of hydrogen-bond acceptors (Lipinski definition) is 4. The normalized spacial score (nSPS) is 7.83. The van der Waals surface area contributed by atoms with Crippen molar-refractivity contribution in [1.29, 1.82) is 5.41 Å². The van der Waals surface area contributed by atoms with Gasteiger partial charge in [0.2, 0.25) is 0 Å². The Balaban J connectivity index is 0. The van der Waals surface area contributed by atoms with Crippen LogP contribution in [0.5, 0.6) is 0 Å². The molecule has 0 amide bonds. The summed E-state index contributed by atoms with van der Waals surface area (Å²) in [5.74, 6) is -0.205. The van der Waals surface area contributed by atoms with Gasteiger partial charge in [-0.3, -0.25) is 4.79 Å². The molecule has 0 aliphatic carbocycles. The standard InChI is InChI=1S/C7H11NO2.CH5N/c1-2-4-10-5-3-7(9)6-8;1-2/h2,6,8H,1,3-5H2;2H2,1H3. The number of ether oxygens (including phenoxy) is 1. The van der Waals surface area contributed by atoms with Crippen LogP contribution in [0.15, 0.2) is 12.7 Å². The van der Waals surface area contributed by atoms with Gasteiger partial charge in [-0.25, -0.2) is 0 Å². The van der Waals surface area contributed by atoms with Crippen LogP contribution in [-0.2, 0) is 9.53 Å². The maximum atomic E-state index is 10.4. The summed E-state index contributed by atoms with van der Waals surface area (Å²) in [7, 11) is 1.50. The molecule has 0 aliphatic heterocycles. The third-order valence-corrected chi connectivity index (χ3v) is 0.889. The molecular formula is C8H16N2O2. The average Bonchev–Trinajstić information content (AvgIpc) is 2.15. The largest absolute Gasteiger partial charge is 0.377 e. The summed E-state index contributed by atoms with van der Waals surface area (Å²) in [6, 6.07) is 0. The van der Waals surface area contributed by atoms with Gasteiger partial charge >= 0.3 is 0 Å². The average molecular weight is 172 g/mol. The maximum Gasteiger partial charge on any atom is 0.175 e. The Labute approximate surface area is 72.9 Å². The highest BCUT2D eigenvalue weighted by Gasteiger charge is 1.94. The van der Waals surface area contributed by atoms with E-state index >= 15 is 0 Å². The van der Waals surface area contributed by atoms with E-state index in [1.54, 1.807) is 6.08 Å². The quantitative estimate of drug-likeness (QED) is 0.345. The first-order valence-electron chi connectivity index (χ1n) is 3.61. The molecule has 0 spiro atoms. The number of hydrogen-bond donors (Lipinski definition) is 2. The van der Waals surface area contributed by atoms with Crippen molar-refractivity contribution < 1.29 is 9.53 Å². The second kappa shape index (κ2) is 12.7. The lowest BCUT2D eigenvalue weighted by atomic mass is 10.3. The zero-order valence-corrected chi connectivity index (χ0v) is 7.38. The van der Waals surface area contributed by atoms with Gasteiger partial charge in [0.05, 0.1) is 19.4 Å². The third-order valence-electron chi connectivity index (χ3n) is 0.889. The van der Waals surface area contributed by atoms with Crippen molar-refractivity contribution >= 4 is 12.0 Å². The van der Waals surface area contributed by atoms with Crippen molar-refractivity contribution in [3.63, 3.8) is 0 Å². The van der Waals surface area contributed by atoms with E-state index in [-0.39, 0.29) is 12.2 Å². The highest BCUT2D eigenvalue weighted by molar-refractivity contribution is 6.26. The predicted molar refractivity (Wildman–Crippen MR) is 49.5 cm³/mol. The fourth-order valence-corrected chi connectivity index (χ4v) is 0.412. The lowest BCUT2D eigenvalue weighted by Crippen LogP contribution is -2.04. The summed E-state index contributed by atoms with van der Waals surface area (Å²) < 4.78 is 4.91. The number of ketones is 1. The molecule has 0 bridgehead atoms. The van der Waals surface area contributed by atoms with Gasteiger partial charge in [-0.2, -0.15) is 0 Å². The lowest BCUT2D eigenvalue weighted by Gasteiger charge is -1.95. The lowest BCUT2D eigenvalue weighted by molar-refractivity contribution is -0.113. The van der Waals surface area contributed by atoms with E-state index in [0.717, 1.165) is 6.21 Å². The summed E-state index contributed by atoms with van der Waals surface area (Å²) in [5.41, 5.74) is 4.50. The molecule has 0 unspecified atom stereocenters. The van der Waals surface area contributed by atoms with Crippen LogP contribution in [0.2, 0.25) is 0 Å². The van der Waals surface area contributed by atoms with Crippen LogP contribution < -0.4 is 5.73 Å². The fourth-order valence-electron chi connectivity index (χ4n) is 0.412. The molecule has 0 aromatic heterocycles. The molecule has 0 aromatic carbocycles. The van der Waals surface area contributed by atoms with E-state index in [1.165, 1.54) is 7.05 Å². The van der Waals surface area contributed by atoms with Crippen LogP contribution in [0, 0.1) is 5.41 Å². The van der Waals surface area contributed by atoms with E-state index in [9.17, 15) is 4.79 Å². The highest BCUT2D eigenvalue weighted by Crippen LogP contribution is 1.82. The minimum Gasteiger partial charge on any atom is -0.377 e. The van der Waals surface area contributed by atoms with Gasteiger partial charge in [0.1, 0.15) is 0 Å². The molecule has 0 fully saturated rings. The Morgan fingerprint density at radius 2 is 2.25 bits per heavy atom. The second-order valence-corrected chi connectivity index (χ2v) is 1.72. The van der Waals surface area contributed by atoms with E-state index < -0.39 is 0 Å². The number of carbonyl (C=O) groups excluding carboxylic acids is 1. The molecule has 0 rings (SSSR count). The molecule has 4 nitrogen and oxygen atoms in total. The van der Waals surface area contributed by atoms with Crippen LogP contribution in [0.4, 0.5) is 0 Å². The molecule has 0 saturated heterocycles. The minimum absolute atomic E-state index is 0.205. The van der Waals surface area contributed by atoms with Crippen LogP contribution >= 0.6 is 0 Å². The van der Waals surface area contributed by atoms with Crippen molar-refractivity contribution in [3.8, 4) is 0 Å². The zero-order chi connectivity index (χ0) is 9.82. The number of rotatable bonds is 6. The van der Waals surface area contributed by atoms with Gasteiger partial charge in [-0.05, 0) is 7.05 Å². The van der Waals surface area contributed by atoms with Gasteiger partial charge in [0.25, 0.3) is 0 Å². The van der Waals surface area contributed by atoms with Crippen LogP contribution in [0.1, 0.15) is 6.42 Å². The molecule has 3 N–H and O–H groups in total. The molecule has 4 heteroatoms. The van der Waals surface area contributed by atoms with Gasteiger partial charge in [-0.15, -0.1) is 6.58 Å². The topological polar surface area (TPSA) is 76.2 Å². The molecular weight excluding hydrogens is 156 g/mol. The Kier molecular flexibility index (Phi) is 14.3. The van der Waals surface area contributed by atoms with E-state index in [0.29, 0.717) is 13.2 Å². The predicted octanol–water partition coefficient (Wildman–Crippen LogP) is 0.373. The fraction of sp³-hybridized carbons (Fsp3) is 0.500. The van der Waals surface area contributed by atoms with Crippen molar-refractivity contribution in [1.82, 2.24) is 0 Å². The third kappa shape index (κ3) is 11.8. The van der Waals surface area contributed by atoms with Gasteiger partial charge in [0, 0.05) is 6.42 Å². The van der Waals surface area contributed by atoms with Gasteiger partial charge in [0.15, 0.2) is 5.78 Å². The van der Waals surface area contributed by atoms with Crippen molar-refractivity contribution in [2.24, 2.45) is 5.73 Å². The first kappa shape index (κ1) is 13.6. The maximum absolute atomic E-state index is 10.4. The summed E-state index contributed by atoms with van der Waals surface area (Å²) >= 11 is 0. The van der Waals surface area contributed by atoms with Crippen LogP contribution in [0.3, 0.4) is 0 Å².